The van der Waals surface area contributed by atoms with Crippen LogP contribution in [0.1, 0.15) is 24.6 Å². The van der Waals surface area contributed by atoms with Crippen LogP contribution in [0.15, 0.2) is 40.0 Å². The molecule has 0 aliphatic carbocycles. The zero-order chi connectivity index (χ0) is 16.5. The molecular formula is C16H21Cl2IN4O. The van der Waals surface area contributed by atoms with Crippen molar-refractivity contribution < 1.29 is 4.52 Å². The normalized spacial score (nSPS) is 11.0. The van der Waals surface area contributed by atoms with Gasteiger partial charge < -0.3 is 15.2 Å². The van der Waals surface area contributed by atoms with Crippen molar-refractivity contribution in [2.45, 2.75) is 26.3 Å². The van der Waals surface area contributed by atoms with Crippen LogP contribution < -0.4 is 10.6 Å². The first-order chi connectivity index (χ1) is 11.2. The average molecular weight is 483 g/mol. The van der Waals surface area contributed by atoms with Gasteiger partial charge in [-0.1, -0.05) is 34.4 Å². The lowest BCUT2D eigenvalue weighted by Gasteiger charge is -2.11. The van der Waals surface area contributed by atoms with E-state index in [0.717, 1.165) is 43.1 Å². The number of guanidine groups is 1. The molecule has 0 spiro atoms. The van der Waals surface area contributed by atoms with Gasteiger partial charge in [-0.25, -0.2) is 4.99 Å². The number of hydrogen-bond donors (Lipinski definition) is 2. The highest BCUT2D eigenvalue weighted by Crippen LogP contribution is 2.21. The Morgan fingerprint density at radius 3 is 2.75 bits per heavy atom. The number of nitrogens with zero attached hydrogens (tertiary/aromatic N) is 2. The molecule has 0 radical (unpaired) electrons. The van der Waals surface area contributed by atoms with Gasteiger partial charge in [0.15, 0.2) is 5.96 Å². The molecule has 0 aliphatic rings. The lowest BCUT2D eigenvalue weighted by atomic mass is 10.1. The summed E-state index contributed by atoms with van der Waals surface area (Å²) in [5, 5.41) is 11.7. The van der Waals surface area contributed by atoms with Crippen LogP contribution in [0.5, 0.6) is 0 Å². The zero-order valence-electron chi connectivity index (χ0n) is 13.4. The lowest BCUT2D eigenvalue weighted by molar-refractivity contribution is 0.412. The van der Waals surface area contributed by atoms with E-state index in [0.29, 0.717) is 16.6 Å². The van der Waals surface area contributed by atoms with E-state index in [-0.39, 0.29) is 24.0 Å². The number of aryl methyl sites for hydroxylation is 1. The molecule has 2 N–H and O–H groups in total. The van der Waals surface area contributed by atoms with Crippen molar-refractivity contribution in [3.05, 3.63) is 51.8 Å². The van der Waals surface area contributed by atoms with E-state index in [1.807, 2.05) is 19.1 Å². The Labute approximate surface area is 169 Å². The molecule has 0 atom stereocenters. The smallest absolute Gasteiger partial charge is 0.191 e. The summed E-state index contributed by atoms with van der Waals surface area (Å²) >= 11 is 12.1. The summed E-state index contributed by atoms with van der Waals surface area (Å²) in [6, 6.07) is 7.40. The minimum absolute atomic E-state index is 0. The third-order valence-electron chi connectivity index (χ3n) is 3.17. The molecule has 0 amide bonds. The summed E-state index contributed by atoms with van der Waals surface area (Å²) in [5.41, 5.74) is 1.90. The minimum Gasteiger partial charge on any atom is -0.364 e. The van der Waals surface area contributed by atoms with Crippen LogP contribution >= 0.6 is 47.2 Å². The summed E-state index contributed by atoms with van der Waals surface area (Å²) in [6.07, 6.45) is 3.36. The van der Waals surface area contributed by atoms with Crippen LogP contribution in [-0.4, -0.2) is 24.2 Å². The topological polar surface area (TPSA) is 62.5 Å². The zero-order valence-corrected chi connectivity index (χ0v) is 17.2. The molecule has 5 nitrogen and oxygen atoms in total. The highest BCUT2D eigenvalue weighted by atomic mass is 127. The minimum atomic E-state index is 0. The van der Waals surface area contributed by atoms with Crippen molar-refractivity contribution in [2.75, 3.05) is 13.1 Å². The predicted octanol–water partition coefficient (Wildman–Crippen LogP) is 4.29. The second-order valence-electron chi connectivity index (χ2n) is 4.95. The van der Waals surface area contributed by atoms with Gasteiger partial charge in [0.25, 0.3) is 0 Å². The molecule has 0 aliphatic heterocycles. The molecule has 0 fully saturated rings. The number of aliphatic imine (C=N–C) groups is 1. The predicted molar refractivity (Wildman–Crippen MR) is 110 cm³/mol. The molecule has 1 heterocycles. The van der Waals surface area contributed by atoms with Gasteiger partial charge in [-0.3, -0.25) is 0 Å². The molecule has 0 saturated heterocycles. The number of hydrogen-bond acceptors (Lipinski definition) is 3. The van der Waals surface area contributed by atoms with Gasteiger partial charge in [0.1, 0.15) is 12.0 Å². The molecular weight excluding hydrogens is 462 g/mol. The summed E-state index contributed by atoms with van der Waals surface area (Å²) < 4.78 is 4.79. The quantitative estimate of drug-likeness (QED) is 0.267. The first kappa shape index (κ1) is 21.1. The third-order valence-corrected chi connectivity index (χ3v) is 3.75. The fourth-order valence-electron chi connectivity index (χ4n) is 2.03. The van der Waals surface area contributed by atoms with E-state index in [1.54, 1.807) is 18.4 Å². The SMILES string of the molecule is CCNC(=NCc1ccon1)NCCCc1ccc(Cl)cc1Cl.I. The Morgan fingerprint density at radius 1 is 1.25 bits per heavy atom. The van der Waals surface area contributed by atoms with Crippen LogP contribution in [-0.2, 0) is 13.0 Å². The van der Waals surface area contributed by atoms with Crippen LogP contribution in [0.3, 0.4) is 0 Å². The van der Waals surface area contributed by atoms with Crippen molar-refractivity contribution in [3.8, 4) is 0 Å². The Bertz CT molecular complexity index is 635. The van der Waals surface area contributed by atoms with E-state index >= 15 is 0 Å². The lowest BCUT2D eigenvalue weighted by Crippen LogP contribution is -2.37. The maximum atomic E-state index is 6.17. The monoisotopic (exact) mass is 482 g/mol. The maximum absolute atomic E-state index is 6.17. The van der Waals surface area contributed by atoms with Gasteiger partial charge in [-0.05, 0) is 37.5 Å². The molecule has 0 saturated carbocycles. The fraction of sp³-hybridized carbons (Fsp3) is 0.375. The van der Waals surface area contributed by atoms with E-state index in [2.05, 4.69) is 20.8 Å². The largest absolute Gasteiger partial charge is 0.364 e. The molecule has 2 rings (SSSR count). The molecule has 24 heavy (non-hydrogen) atoms. The van der Waals surface area contributed by atoms with Crippen LogP contribution in [0, 0.1) is 0 Å². The van der Waals surface area contributed by atoms with E-state index in [1.165, 1.54) is 0 Å². The maximum Gasteiger partial charge on any atom is 0.191 e. The van der Waals surface area contributed by atoms with Gasteiger partial charge in [-0.2, -0.15) is 0 Å². The number of halogens is 3. The Kier molecular flexibility index (Phi) is 10.1. The number of rotatable bonds is 7. The second kappa shape index (κ2) is 11.5. The van der Waals surface area contributed by atoms with Crippen LogP contribution in [0.4, 0.5) is 0 Å². The van der Waals surface area contributed by atoms with Gasteiger partial charge >= 0.3 is 0 Å². The highest BCUT2D eigenvalue weighted by Gasteiger charge is 2.02. The van der Waals surface area contributed by atoms with E-state index in [9.17, 15) is 0 Å². The summed E-state index contributed by atoms with van der Waals surface area (Å²) in [5.74, 6) is 0.762. The summed E-state index contributed by atoms with van der Waals surface area (Å²) in [7, 11) is 0. The van der Waals surface area contributed by atoms with Crippen molar-refractivity contribution in [3.63, 3.8) is 0 Å². The molecule has 1 aromatic carbocycles. The summed E-state index contributed by atoms with van der Waals surface area (Å²) in [4.78, 5) is 4.46. The van der Waals surface area contributed by atoms with Gasteiger partial charge in [-0.15, -0.1) is 24.0 Å². The molecule has 1 aromatic heterocycles. The van der Waals surface area contributed by atoms with Gasteiger partial charge in [0.2, 0.25) is 0 Å². The first-order valence-electron chi connectivity index (χ1n) is 7.54. The summed E-state index contributed by atoms with van der Waals surface area (Å²) in [6.45, 7) is 4.10. The fourth-order valence-corrected chi connectivity index (χ4v) is 2.53. The Balaban J connectivity index is 0.00000288. The molecule has 8 heteroatoms. The van der Waals surface area contributed by atoms with E-state index < -0.39 is 0 Å². The number of nitrogens with one attached hydrogen (secondary N) is 2. The molecule has 0 unspecified atom stereocenters. The highest BCUT2D eigenvalue weighted by molar-refractivity contribution is 14.0. The molecule has 2 aromatic rings. The van der Waals surface area contributed by atoms with E-state index in [4.69, 9.17) is 27.7 Å². The molecule has 0 bridgehead atoms. The van der Waals surface area contributed by atoms with Crippen molar-refractivity contribution in [2.24, 2.45) is 4.99 Å². The standard InChI is InChI=1S/C16H20Cl2N4O.HI/c1-2-19-16(21-11-14-7-9-23-22-14)20-8-3-4-12-5-6-13(17)10-15(12)18;/h5-7,9-10H,2-4,8,11H2,1H3,(H2,19,20,21);1H. The average Bonchev–Trinajstić information content (AvgIpc) is 3.04. The van der Waals surface area contributed by atoms with Crippen LogP contribution in [0.25, 0.3) is 0 Å². The number of benzene rings is 1. The molecule has 132 valence electrons. The number of aromatic nitrogens is 1. The van der Waals surface area contributed by atoms with Gasteiger partial charge in [0, 0.05) is 29.2 Å². The van der Waals surface area contributed by atoms with Gasteiger partial charge in [0.05, 0.1) is 6.54 Å². The van der Waals surface area contributed by atoms with Crippen molar-refractivity contribution in [1.29, 1.82) is 0 Å². The van der Waals surface area contributed by atoms with Crippen molar-refractivity contribution in [1.82, 2.24) is 15.8 Å². The Hall–Kier alpha value is -0.990. The Morgan fingerprint density at radius 2 is 2.08 bits per heavy atom. The van der Waals surface area contributed by atoms with Crippen LogP contribution in [0.2, 0.25) is 10.0 Å². The first-order valence-corrected chi connectivity index (χ1v) is 8.30. The van der Waals surface area contributed by atoms with Crippen molar-refractivity contribution >= 4 is 53.1 Å². The second-order valence-corrected chi connectivity index (χ2v) is 5.80. The third kappa shape index (κ3) is 7.27.